The van der Waals surface area contributed by atoms with Crippen LogP contribution in [-0.4, -0.2) is 107 Å². The van der Waals surface area contributed by atoms with E-state index in [-0.39, 0.29) is 31.6 Å². The highest BCUT2D eigenvalue weighted by Gasteiger charge is 2.40. The van der Waals surface area contributed by atoms with E-state index >= 15 is 0 Å². The van der Waals surface area contributed by atoms with Crippen molar-refractivity contribution in [2.24, 2.45) is 0 Å². The van der Waals surface area contributed by atoms with Gasteiger partial charge >= 0.3 is 5.97 Å². The zero-order valence-electron chi connectivity index (χ0n) is 30.5. The van der Waals surface area contributed by atoms with Gasteiger partial charge in [-0.2, -0.15) is 0 Å². The van der Waals surface area contributed by atoms with Crippen molar-refractivity contribution in [3.63, 3.8) is 0 Å². The fraction of sp³-hybridized carbons (Fsp3) is 0.310. The zero-order valence-corrected chi connectivity index (χ0v) is 30.5. The molecule has 272 valence electrons. The summed E-state index contributed by atoms with van der Waals surface area (Å²) in [5, 5.41) is 10.3. The molecule has 4 amide bonds. The van der Waals surface area contributed by atoms with E-state index in [4.69, 9.17) is 0 Å². The number of amides is 4. The van der Waals surface area contributed by atoms with Crippen LogP contribution >= 0.6 is 0 Å². The van der Waals surface area contributed by atoms with Gasteiger partial charge in [0.25, 0.3) is 0 Å². The summed E-state index contributed by atoms with van der Waals surface area (Å²) in [5.74, 6) is -2.94. The van der Waals surface area contributed by atoms with Gasteiger partial charge in [0.1, 0.15) is 24.2 Å². The van der Waals surface area contributed by atoms with Crippen LogP contribution in [0.3, 0.4) is 0 Å². The third-order valence-corrected chi connectivity index (χ3v) is 9.64. The molecule has 4 rings (SSSR count). The lowest BCUT2D eigenvalue weighted by Crippen LogP contribution is -2.59. The molecule has 0 saturated heterocycles. The minimum absolute atomic E-state index is 0.0778. The van der Waals surface area contributed by atoms with Crippen LogP contribution in [0.2, 0.25) is 0 Å². The molecular formula is C42H48N4O6. The molecule has 10 heteroatoms. The molecule has 0 radical (unpaired) electrons. The normalized spacial score (nSPS) is 13.2. The van der Waals surface area contributed by atoms with Crippen LogP contribution in [0.4, 0.5) is 0 Å². The second-order valence-corrected chi connectivity index (χ2v) is 13.1. The van der Waals surface area contributed by atoms with Crippen molar-refractivity contribution in [3.05, 3.63) is 144 Å². The van der Waals surface area contributed by atoms with Gasteiger partial charge < -0.3 is 24.7 Å². The molecule has 0 fully saturated rings. The fourth-order valence-electron chi connectivity index (χ4n) is 6.29. The van der Waals surface area contributed by atoms with Gasteiger partial charge in [0.2, 0.25) is 23.6 Å². The average molecular weight is 705 g/mol. The number of nitrogens with zero attached hydrogens (tertiary/aromatic N) is 4. The van der Waals surface area contributed by atoms with Crippen LogP contribution in [0.1, 0.15) is 29.2 Å². The van der Waals surface area contributed by atoms with E-state index in [9.17, 15) is 29.1 Å². The lowest BCUT2D eigenvalue weighted by Gasteiger charge is -2.38. The van der Waals surface area contributed by atoms with Gasteiger partial charge in [0, 0.05) is 60.8 Å². The van der Waals surface area contributed by atoms with E-state index in [1.54, 1.807) is 26.2 Å². The van der Waals surface area contributed by atoms with Crippen molar-refractivity contribution in [1.82, 2.24) is 19.6 Å². The first kappa shape index (κ1) is 39.0. The fourth-order valence-corrected chi connectivity index (χ4v) is 6.29. The van der Waals surface area contributed by atoms with E-state index in [1.807, 2.05) is 109 Å². The van der Waals surface area contributed by atoms with Crippen LogP contribution in [0.15, 0.2) is 121 Å². The van der Waals surface area contributed by atoms with E-state index < -0.39 is 47.9 Å². The first-order valence-corrected chi connectivity index (χ1v) is 17.3. The Labute approximate surface area is 306 Å². The van der Waals surface area contributed by atoms with E-state index in [0.29, 0.717) is 0 Å². The van der Waals surface area contributed by atoms with Crippen LogP contribution in [0, 0.1) is 0 Å². The standard InChI is InChI=1S/C42H48N4O6/c1-30(47)43(2)35(26-31-18-10-6-11-19-31)39(48)44(3)36(27-32-20-12-7-13-21-32)40(49)45(4)37(28-33-22-14-8-15-23-33)41(50)46(5)38(42(51)52)29-34-24-16-9-17-25-34/h6-25,35-38H,26-29H2,1-5H3,(H,51,52)/t35-,36-,37-,38-/m0/s1. The summed E-state index contributed by atoms with van der Waals surface area (Å²) in [7, 11) is 6.09. The largest absolute Gasteiger partial charge is 0.480 e. The van der Waals surface area contributed by atoms with E-state index in [1.165, 1.54) is 40.6 Å². The minimum atomic E-state index is -1.19. The number of hydrogen-bond acceptors (Lipinski definition) is 5. The van der Waals surface area contributed by atoms with Crippen molar-refractivity contribution in [2.75, 3.05) is 28.2 Å². The number of hydrogen-bond donors (Lipinski definition) is 1. The lowest BCUT2D eigenvalue weighted by molar-refractivity contribution is -0.155. The summed E-state index contributed by atoms with van der Waals surface area (Å²) in [5.41, 5.74) is 3.18. The first-order valence-electron chi connectivity index (χ1n) is 17.3. The Morgan fingerprint density at radius 1 is 0.423 bits per heavy atom. The van der Waals surface area contributed by atoms with Crippen molar-refractivity contribution < 1.29 is 29.1 Å². The molecule has 4 aromatic rings. The molecule has 0 aliphatic heterocycles. The lowest BCUT2D eigenvalue weighted by atomic mass is 9.97. The topological polar surface area (TPSA) is 119 Å². The Morgan fingerprint density at radius 3 is 0.904 bits per heavy atom. The van der Waals surface area contributed by atoms with Crippen molar-refractivity contribution in [1.29, 1.82) is 0 Å². The quantitative estimate of drug-likeness (QED) is 0.185. The van der Waals surface area contributed by atoms with Crippen molar-refractivity contribution >= 4 is 29.6 Å². The number of carbonyl (C=O) groups is 5. The molecule has 0 spiro atoms. The van der Waals surface area contributed by atoms with Gasteiger partial charge in [-0.1, -0.05) is 121 Å². The molecule has 0 heterocycles. The number of carbonyl (C=O) groups excluding carboxylic acids is 4. The monoisotopic (exact) mass is 704 g/mol. The molecule has 0 aliphatic carbocycles. The van der Waals surface area contributed by atoms with Gasteiger partial charge in [0.15, 0.2) is 0 Å². The highest BCUT2D eigenvalue weighted by molar-refractivity contribution is 5.95. The molecule has 0 aliphatic rings. The molecule has 0 saturated carbocycles. The molecule has 10 nitrogen and oxygen atoms in total. The molecule has 4 atom stereocenters. The molecule has 0 unspecified atom stereocenters. The van der Waals surface area contributed by atoms with Gasteiger partial charge in [0.05, 0.1) is 0 Å². The predicted octanol–water partition coefficient (Wildman–Crippen LogP) is 4.37. The molecule has 1 N–H and O–H groups in total. The first-order chi connectivity index (χ1) is 24.9. The van der Waals surface area contributed by atoms with Gasteiger partial charge in [-0.25, -0.2) is 4.79 Å². The summed E-state index contributed by atoms with van der Waals surface area (Å²) < 4.78 is 0. The zero-order chi connectivity index (χ0) is 37.8. The van der Waals surface area contributed by atoms with Gasteiger partial charge in [-0.05, 0) is 22.3 Å². The molecule has 0 aromatic heterocycles. The van der Waals surface area contributed by atoms with Crippen molar-refractivity contribution in [3.8, 4) is 0 Å². The number of rotatable bonds is 16. The molecule has 0 bridgehead atoms. The van der Waals surface area contributed by atoms with Crippen molar-refractivity contribution in [2.45, 2.75) is 56.8 Å². The third kappa shape index (κ3) is 10.2. The van der Waals surface area contributed by atoms with Crippen LogP contribution < -0.4 is 0 Å². The van der Waals surface area contributed by atoms with Gasteiger partial charge in [-0.15, -0.1) is 0 Å². The maximum Gasteiger partial charge on any atom is 0.326 e. The minimum Gasteiger partial charge on any atom is -0.480 e. The Morgan fingerprint density at radius 2 is 0.654 bits per heavy atom. The molecule has 52 heavy (non-hydrogen) atoms. The van der Waals surface area contributed by atoms with Crippen LogP contribution in [0.5, 0.6) is 0 Å². The Balaban J connectivity index is 1.72. The highest BCUT2D eigenvalue weighted by atomic mass is 16.4. The van der Waals surface area contributed by atoms with E-state index in [2.05, 4.69) is 0 Å². The molecule has 4 aromatic carbocycles. The summed E-state index contributed by atoms with van der Waals surface area (Å²) in [6.07, 6.45) is 0.569. The number of aliphatic carboxylic acids is 1. The summed E-state index contributed by atoms with van der Waals surface area (Å²) in [4.78, 5) is 74.1. The Kier molecular flexibility index (Phi) is 13.9. The summed E-state index contributed by atoms with van der Waals surface area (Å²) in [6.45, 7) is 1.39. The maximum atomic E-state index is 14.8. The third-order valence-electron chi connectivity index (χ3n) is 9.64. The number of likely N-dealkylation sites (N-methyl/N-ethyl adjacent to an activating group) is 4. The van der Waals surface area contributed by atoms with Crippen LogP contribution in [0.25, 0.3) is 0 Å². The Bertz CT molecular complexity index is 1790. The predicted molar refractivity (Wildman–Crippen MR) is 200 cm³/mol. The number of benzene rings is 4. The Hall–Kier alpha value is -5.77. The van der Waals surface area contributed by atoms with Crippen LogP contribution in [-0.2, 0) is 49.7 Å². The SMILES string of the molecule is CC(=O)N(C)[C@@H](Cc1ccccc1)C(=O)N(C)[C@@H](Cc1ccccc1)C(=O)N(C)[C@@H](Cc1ccccc1)C(=O)N(C)[C@@H](Cc1ccccc1)C(=O)O. The summed E-state index contributed by atoms with van der Waals surface area (Å²) in [6, 6.07) is 32.7. The smallest absolute Gasteiger partial charge is 0.326 e. The highest BCUT2D eigenvalue weighted by Crippen LogP contribution is 2.20. The number of carboxylic acids is 1. The molecular weight excluding hydrogens is 656 g/mol. The summed E-state index contributed by atoms with van der Waals surface area (Å²) >= 11 is 0. The number of carboxylic acid groups (broad SMARTS) is 1. The second kappa shape index (κ2) is 18.5. The second-order valence-electron chi connectivity index (χ2n) is 13.1. The van der Waals surface area contributed by atoms with Gasteiger partial charge in [-0.3, -0.25) is 19.2 Å². The van der Waals surface area contributed by atoms with E-state index in [0.717, 1.165) is 22.3 Å². The maximum absolute atomic E-state index is 14.8. The average Bonchev–Trinajstić information content (AvgIpc) is 3.16.